The third-order valence-electron chi connectivity index (χ3n) is 8.57. The van der Waals surface area contributed by atoms with Gasteiger partial charge in [-0.3, -0.25) is 4.79 Å². The van der Waals surface area contributed by atoms with E-state index in [0.717, 1.165) is 27.8 Å². The number of ether oxygens (including phenoxy) is 2. The molecule has 1 amide bonds. The molecule has 1 aromatic heterocycles. The lowest BCUT2D eigenvalue weighted by molar-refractivity contribution is 0.00578. The molecular formula is C38H38BNO5S. The first-order valence-electron chi connectivity index (χ1n) is 15.4. The normalized spacial score (nSPS) is 15.0. The summed E-state index contributed by atoms with van der Waals surface area (Å²) in [7, 11) is -0.485. The average molecular weight is 632 g/mol. The molecule has 234 valence electrons. The Hall–Kier alpha value is -4.37. The topological polar surface area (TPSA) is 57.2 Å². The molecule has 0 spiro atoms. The Morgan fingerprint density at radius 2 is 1.35 bits per heavy atom. The zero-order valence-corrected chi connectivity index (χ0v) is 27.5. The molecule has 0 bridgehead atoms. The number of nitrogens with zero attached hydrogens (tertiary/aromatic N) is 1. The summed E-state index contributed by atoms with van der Waals surface area (Å²) in [4.78, 5) is 16.2. The summed E-state index contributed by atoms with van der Waals surface area (Å²) in [6, 6.07) is 35.2. The number of thiophene rings is 1. The molecule has 5 aromatic rings. The van der Waals surface area contributed by atoms with Crippen LogP contribution in [0.5, 0.6) is 11.5 Å². The van der Waals surface area contributed by atoms with E-state index in [-0.39, 0.29) is 5.91 Å². The van der Waals surface area contributed by atoms with Crippen molar-refractivity contribution in [1.29, 1.82) is 0 Å². The predicted octanol–water partition coefficient (Wildman–Crippen LogP) is 8.05. The Kier molecular flexibility index (Phi) is 9.31. The third kappa shape index (κ3) is 7.20. The highest BCUT2D eigenvalue weighted by Gasteiger charge is 2.51. The van der Waals surface area contributed by atoms with Crippen molar-refractivity contribution in [2.45, 2.75) is 58.7 Å². The highest BCUT2D eigenvalue weighted by atomic mass is 32.1. The van der Waals surface area contributed by atoms with Crippen LogP contribution in [0.2, 0.25) is 0 Å². The van der Waals surface area contributed by atoms with Gasteiger partial charge in [0.25, 0.3) is 5.91 Å². The van der Waals surface area contributed by atoms with Crippen molar-refractivity contribution in [2.75, 3.05) is 4.90 Å². The van der Waals surface area contributed by atoms with Crippen molar-refractivity contribution in [1.82, 2.24) is 0 Å². The molecule has 1 saturated heterocycles. The summed E-state index contributed by atoms with van der Waals surface area (Å²) in [5, 5.41) is 4.08. The predicted molar refractivity (Wildman–Crippen MR) is 185 cm³/mol. The van der Waals surface area contributed by atoms with E-state index >= 15 is 0 Å². The molecule has 1 aliphatic heterocycles. The number of carbonyl (C=O) groups excluding carboxylic acids is 1. The molecule has 6 rings (SSSR count). The SMILES string of the molecule is CC1(C)OB(c2ccc(N(Cc3ccsc3)C(=O)c3ccc(OCc4ccccc4)cc3OCc3ccccc3)cc2)OC1(C)C. The highest BCUT2D eigenvalue weighted by Crippen LogP contribution is 2.37. The molecule has 0 aliphatic carbocycles. The van der Waals surface area contributed by atoms with Gasteiger partial charge in [0.15, 0.2) is 0 Å². The molecular weight excluding hydrogens is 593 g/mol. The molecule has 1 aliphatic rings. The number of carbonyl (C=O) groups is 1. The van der Waals surface area contributed by atoms with Crippen molar-refractivity contribution in [3.05, 3.63) is 142 Å². The Morgan fingerprint density at radius 3 is 1.93 bits per heavy atom. The highest BCUT2D eigenvalue weighted by molar-refractivity contribution is 7.07. The zero-order chi connectivity index (χ0) is 32.1. The lowest BCUT2D eigenvalue weighted by Gasteiger charge is -2.32. The molecule has 0 radical (unpaired) electrons. The van der Waals surface area contributed by atoms with Crippen LogP contribution in [0.15, 0.2) is 120 Å². The van der Waals surface area contributed by atoms with Crippen LogP contribution in [0.25, 0.3) is 0 Å². The van der Waals surface area contributed by atoms with Crippen LogP contribution >= 0.6 is 11.3 Å². The Labute approximate surface area is 275 Å². The largest absolute Gasteiger partial charge is 0.494 e. The molecule has 0 atom stereocenters. The van der Waals surface area contributed by atoms with Gasteiger partial charge in [0.05, 0.1) is 23.3 Å². The van der Waals surface area contributed by atoms with Gasteiger partial charge in [-0.1, -0.05) is 72.8 Å². The standard InChI is InChI=1S/C38H38BNO5S/c1-37(2)38(3,4)45-39(44-37)31-15-17-32(18-16-31)40(24-30-21-22-46-27-30)36(41)34-20-19-33(42-25-28-11-7-5-8-12-28)23-35(34)43-26-29-13-9-6-10-14-29/h5-23,27H,24-26H2,1-4H3. The summed E-state index contributed by atoms with van der Waals surface area (Å²) in [5.41, 5.74) is 4.34. The molecule has 0 N–H and O–H groups in total. The summed E-state index contributed by atoms with van der Waals surface area (Å²) in [6.07, 6.45) is 0. The van der Waals surface area contributed by atoms with Crippen molar-refractivity contribution < 1.29 is 23.6 Å². The van der Waals surface area contributed by atoms with Gasteiger partial charge in [-0.25, -0.2) is 0 Å². The van der Waals surface area contributed by atoms with Crippen LogP contribution in [-0.2, 0) is 29.1 Å². The van der Waals surface area contributed by atoms with Crippen LogP contribution in [0, 0.1) is 0 Å². The van der Waals surface area contributed by atoms with Gasteiger partial charge in [-0.2, -0.15) is 11.3 Å². The van der Waals surface area contributed by atoms with E-state index in [1.807, 2.05) is 136 Å². The number of anilines is 1. The number of benzene rings is 4. The van der Waals surface area contributed by atoms with E-state index < -0.39 is 18.3 Å². The van der Waals surface area contributed by atoms with Gasteiger partial charge in [-0.05, 0) is 90.9 Å². The van der Waals surface area contributed by atoms with Crippen LogP contribution in [0.3, 0.4) is 0 Å². The van der Waals surface area contributed by atoms with Crippen LogP contribution in [0.4, 0.5) is 5.69 Å². The van der Waals surface area contributed by atoms with E-state index in [2.05, 4.69) is 5.38 Å². The van der Waals surface area contributed by atoms with Crippen molar-refractivity contribution >= 4 is 35.5 Å². The van der Waals surface area contributed by atoms with Crippen LogP contribution in [0.1, 0.15) is 54.7 Å². The van der Waals surface area contributed by atoms with E-state index in [9.17, 15) is 4.79 Å². The first-order valence-corrected chi connectivity index (χ1v) is 16.4. The first-order chi connectivity index (χ1) is 22.2. The lowest BCUT2D eigenvalue weighted by Crippen LogP contribution is -2.41. The molecule has 0 unspecified atom stereocenters. The minimum atomic E-state index is -0.485. The third-order valence-corrected chi connectivity index (χ3v) is 9.30. The molecule has 4 aromatic carbocycles. The summed E-state index contributed by atoms with van der Waals surface area (Å²) >= 11 is 1.61. The summed E-state index contributed by atoms with van der Waals surface area (Å²) in [6.45, 7) is 9.29. The quantitative estimate of drug-likeness (QED) is 0.138. The van der Waals surface area contributed by atoms with Gasteiger partial charge >= 0.3 is 7.12 Å². The first kappa shape index (κ1) is 31.6. The maximum Gasteiger partial charge on any atom is 0.494 e. The Balaban J connectivity index is 1.30. The number of rotatable bonds is 11. The number of hydrogen-bond acceptors (Lipinski definition) is 6. The van der Waals surface area contributed by atoms with Crippen molar-refractivity contribution in [3.8, 4) is 11.5 Å². The van der Waals surface area contributed by atoms with Crippen LogP contribution in [-0.4, -0.2) is 24.2 Å². The van der Waals surface area contributed by atoms with Gasteiger partial charge in [0, 0.05) is 11.8 Å². The zero-order valence-electron chi connectivity index (χ0n) is 26.6. The lowest BCUT2D eigenvalue weighted by atomic mass is 9.79. The van der Waals surface area contributed by atoms with E-state index in [0.29, 0.717) is 36.8 Å². The van der Waals surface area contributed by atoms with Gasteiger partial charge < -0.3 is 23.7 Å². The molecule has 46 heavy (non-hydrogen) atoms. The summed E-state index contributed by atoms with van der Waals surface area (Å²) < 4.78 is 25.0. The molecule has 0 saturated carbocycles. The van der Waals surface area contributed by atoms with Gasteiger partial charge in [0.2, 0.25) is 0 Å². The fraction of sp³-hybridized carbons (Fsp3) is 0.237. The second kappa shape index (κ2) is 13.6. The molecule has 1 fully saturated rings. The second-order valence-electron chi connectivity index (χ2n) is 12.4. The number of hydrogen-bond donors (Lipinski definition) is 0. The average Bonchev–Trinajstić information content (AvgIpc) is 3.66. The molecule has 2 heterocycles. The van der Waals surface area contributed by atoms with Gasteiger partial charge in [0.1, 0.15) is 24.7 Å². The molecule has 6 nitrogen and oxygen atoms in total. The smallest absolute Gasteiger partial charge is 0.489 e. The monoisotopic (exact) mass is 631 g/mol. The number of amides is 1. The minimum Gasteiger partial charge on any atom is -0.489 e. The Bertz CT molecular complexity index is 1730. The van der Waals surface area contributed by atoms with Crippen molar-refractivity contribution in [3.63, 3.8) is 0 Å². The van der Waals surface area contributed by atoms with E-state index in [1.54, 1.807) is 22.3 Å². The van der Waals surface area contributed by atoms with E-state index in [1.165, 1.54) is 0 Å². The van der Waals surface area contributed by atoms with Crippen LogP contribution < -0.4 is 19.8 Å². The van der Waals surface area contributed by atoms with E-state index in [4.69, 9.17) is 18.8 Å². The molecule has 8 heteroatoms. The van der Waals surface area contributed by atoms with Crippen molar-refractivity contribution in [2.24, 2.45) is 0 Å². The minimum absolute atomic E-state index is 0.174. The maximum atomic E-state index is 14.5. The maximum absolute atomic E-state index is 14.5. The summed E-state index contributed by atoms with van der Waals surface area (Å²) in [5.74, 6) is 0.912. The fourth-order valence-electron chi connectivity index (χ4n) is 5.15. The Morgan fingerprint density at radius 1 is 0.739 bits per heavy atom. The fourth-order valence-corrected chi connectivity index (χ4v) is 5.81. The van der Waals surface area contributed by atoms with Gasteiger partial charge in [-0.15, -0.1) is 0 Å². The second-order valence-corrected chi connectivity index (χ2v) is 13.2.